The van der Waals surface area contributed by atoms with Crippen molar-refractivity contribution in [3.63, 3.8) is 0 Å². The van der Waals surface area contributed by atoms with Crippen LogP contribution in [-0.4, -0.2) is 28.8 Å². The largest absolute Gasteiger partial charge is 0.497 e. The minimum atomic E-state index is -0.764. The Kier molecular flexibility index (Phi) is 8.37. The number of rotatable bonds is 8. The van der Waals surface area contributed by atoms with Crippen molar-refractivity contribution in [2.45, 2.75) is 19.5 Å². The highest BCUT2D eigenvalue weighted by Crippen LogP contribution is 2.36. The molecule has 0 radical (unpaired) electrons. The van der Waals surface area contributed by atoms with Gasteiger partial charge in [-0.3, -0.25) is 9.36 Å². The molecule has 0 spiro atoms. The van der Waals surface area contributed by atoms with Gasteiger partial charge in [-0.05, 0) is 54.5 Å². The number of thiazole rings is 1. The molecule has 234 valence electrons. The van der Waals surface area contributed by atoms with E-state index in [1.807, 2.05) is 97.1 Å². The standard InChI is InChI=1S/C38H30ClN3O4S/c1-3-46-37(44)33-34(25-9-5-4-6-10-25)40-38-42(35(33)26-15-19-29(45-2)20-16-26)36(43)32(47-38)21-27-23-41(31-12-8-7-11-30(27)31)22-24-13-17-28(39)18-14-24/h4-21,23,35H,3,22H2,1-2H3/b32-21-/t35-/m0/s1. The van der Waals surface area contributed by atoms with Gasteiger partial charge >= 0.3 is 5.97 Å². The summed E-state index contributed by atoms with van der Waals surface area (Å²) in [5.41, 5.74) is 5.13. The van der Waals surface area contributed by atoms with Crippen LogP contribution in [0.2, 0.25) is 5.02 Å². The number of para-hydroxylation sites is 1. The molecule has 1 atom stereocenters. The number of hydrogen-bond donors (Lipinski definition) is 0. The first-order chi connectivity index (χ1) is 22.9. The van der Waals surface area contributed by atoms with Crippen molar-refractivity contribution in [2.75, 3.05) is 13.7 Å². The lowest BCUT2D eigenvalue weighted by atomic mass is 9.93. The van der Waals surface area contributed by atoms with Gasteiger partial charge in [-0.2, -0.15) is 0 Å². The number of ether oxygens (including phenoxy) is 2. The maximum absolute atomic E-state index is 14.4. The predicted molar refractivity (Wildman–Crippen MR) is 187 cm³/mol. The van der Waals surface area contributed by atoms with Crippen LogP contribution in [0, 0.1) is 0 Å². The van der Waals surface area contributed by atoms with E-state index in [0.29, 0.717) is 37.9 Å². The Morgan fingerprint density at radius 2 is 1.68 bits per heavy atom. The topological polar surface area (TPSA) is 74.8 Å². The Morgan fingerprint density at radius 1 is 0.957 bits per heavy atom. The van der Waals surface area contributed by atoms with E-state index in [2.05, 4.69) is 22.9 Å². The molecule has 7 nitrogen and oxygen atoms in total. The van der Waals surface area contributed by atoms with Crippen LogP contribution in [0.5, 0.6) is 5.75 Å². The van der Waals surface area contributed by atoms with Gasteiger partial charge in [0.15, 0.2) is 4.80 Å². The van der Waals surface area contributed by atoms with Crippen molar-refractivity contribution in [2.24, 2.45) is 4.99 Å². The van der Waals surface area contributed by atoms with Gasteiger partial charge in [0.2, 0.25) is 0 Å². The zero-order valence-corrected chi connectivity index (χ0v) is 27.3. The highest BCUT2D eigenvalue weighted by molar-refractivity contribution is 7.07. The highest BCUT2D eigenvalue weighted by Gasteiger charge is 2.35. The zero-order valence-electron chi connectivity index (χ0n) is 25.7. The smallest absolute Gasteiger partial charge is 0.338 e. The van der Waals surface area contributed by atoms with Gasteiger partial charge in [-0.1, -0.05) is 95.7 Å². The lowest BCUT2D eigenvalue weighted by Gasteiger charge is -2.26. The van der Waals surface area contributed by atoms with Crippen LogP contribution >= 0.6 is 22.9 Å². The summed E-state index contributed by atoms with van der Waals surface area (Å²) in [6, 6.07) is 32.1. The van der Waals surface area contributed by atoms with Gasteiger partial charge in [0.1, 0.15) is 5.75 Å². The Balaban J connectivity index is 1.44. The monoisotopic (exact) mass is 659 g/mol. The molecule has 47 heavy (non-hydrogen) atoms. The summed E-state index contributed by atoms with van der Waals surface area (Å²) in [6.45, 7) is 2.60. The van der Waals surface area contributed by atoms with Crippen LogP contribution < -0.4 is 19.6 Å². The molecule has 9 heteroatoms. The van der Waals surface area contributed by atoms with Crippen LogP contribution in [0.15, 0.2) is 125 Å². The third kappa shape index (κ3) is 5.82. The number of methoxy groups -OCH3 is 1. The van der Waals surface area contributed by atoms with Crippen LogP contribution in [0.3, 0.4) is 0 Å². The van der Waals surface area contributed by atoms with Gasteiger partial charge in [-0.15, -0.1) is 0 Å². The molecule has 4 aromatic carbocycles. The van der Waals surface area contributed by atoms with Gasteiger partial charge in [0.05, 0.1) is 35.6 Å². The normalized spacial score (nSPS) is 14.6. The molecular weight excluding hydrogens is 630 g/mol. The number of aromatic nitrogens is 2. The van der Waals surface area contributed by atoms with Crippen LogP contribution in [-0.2, 0) is 16.1 Å². The molecule has 1 aliphatic heterocycles. The summed E-state index contributed by atoms with van der Waals surface area (Å²) in [5.74, 6) is 0.150. The summed E-state index contributed by atoms with van der Waals surface area (Å²) in [5, 5.41) is 1.72. The van der Waals surface area contributed by atoms with Gasteiger partial charge in [0.25, 0.3) is 5.56 Å². The minimum absolute atomic E-state index is 0.185. The van der Waals surface area contributed by atoms with Crippen molar-refractivity contribution in [1.29, 1.82) is 0 Å². The maximum Gasteiger partial charge on any atom is 0.338 e. The van der Waals surface area contributed by atoms with Crippen LogP contribution in [0.4, 0.5) is 0 Å². The number of carbonyl (C=O) groups is 1. The van der Waals surface area contributed by atoms with Crippen molar-refractivity contribution >= 4 is 51.6 Å². The molecule has 0 fully saturated rings. The first-order valence-corrected chi connectivity index (χ1v) is 16.4. The zero-order chi connectivity index (χ0) is 32.5. The molecule has 7 rings (SSSR count). The molecular formula is C38H30ClN3O4S. The molecule has 2 aromatic heterocycles. The van der Waals surface area contributed by atoms with Crippen LogP contribution in [0.1, 0.15) is 35.2 Å². The third-order valence-electron chi connectivity index (χ3n) is 8.18. The number of halogens is 1. The number of hydrogen-bond acceptors (Lipinski definition) is 6. The lowest BCUT2D eigenvalue weighted by Crippen LogP contribution is -2.40. The first-order valence-electron chi connectivity index (χ1n) is 15.2. The van der Waals surface area contributed by atoms with E-state index in [0.717, 1.165) is 33.2 Å². The lowest BCUT2D eigenvalue weighted by molar-refractivity contribution is -0.138. The molecule has 0 bridgehead atoms. The molecule has 1 aliphatic rings. The maximum atomic E-state index is 14.4. The Hall–Kier alpha value is -5.18. The molecule has 0 amide bonds. The Labute approximate surface area is 279 Å². The number of nitrogens with zero attached hydrogens (tertiary/aromatic N) is 3. The highest BCUT2D eigenvalue weighted by atomic mass is 35.5. The molecule has 0 unspecified atom stereocenters. The predicted octanol–water partition coefficient (Wildman–Crippen LogP) is 6.60. The summed E-state index contributed by atoms with van der Waals surface area (Å²) in [6.07, 6.45) is 3.99. The SMILES string of the molecule is CCOC(=O)C1=C(c2ccccc2)N=c2s/c(=C\c3cn(Cc4ccc(Cl)cc4)c4ccccc34)c(=O)n2[C@H]1c1ccc(OC)cc1. The summed E-state index contributed by atoms with van der Waals surface area (Å²) >= 11 is 7.43. The van der Waals surface area contributed by atoms with E-state index >= 15 is 0 Å². The van der Waals surface area contributed by atoms with Crippen molar-refractivity contribution in [1.82, 2.24) is 9.13 Å². The fourth-order valence-electron chi connectivity index (χ4n) is 5.99. The summed E-state index contributed by atoms with van der Waals surface area (Å²) < 4.78 is 15.3. The van der Waals surface area contributed by atoms with Gasteiger partial charge in [-0.25, -0.2) is 9.79 Å². The van der Waals surface area contributed by atoms with Crippen LogP contribution in [0.25, 0.3) is 22.7 Å². The molecule has 0 aliphatic carbocycles. The second-order valence-corrected chi connectivity index (χ2v) is 12.5. The van der Waals surface area contributed by atoms with E-state index in [-0.39, 0.29) is 12.2 Å². The summed E-state index contributed by atoms with van der Waals surface area (Å²) in [4.78, 5) is 33.6. The van der Waals surface area contributed by atoms with Crippen molar-refractivity contribution in [3.8, 4) is 5.75 Å². The molecule has 0 N–H and O–H groups in total. The fraction of sp³-hybridized carbons (Fsp3) is 0.132. The number of fused-ring (bicyclic) bond motifs is 2. The fourth-order valence-corrected chi connectivity index (χ4v) is 7.11. The number of esters is 1. The second kappa shape index (κ2) is 12.9. The first kappa shape index (κ1) is 30.5. The summed E-state index contributed by atoms with van der Waals surface area (Å²) in [7, 11) is 1.60. The van der Waals surface area contributed by atoms with E-state index in [1.165, 1.54) is 11.3 Å². The average Bonchev–Trinajstić information content (AvgIpc) is 3.61. The third-order valence-corrected chi connectivity index (χ3v) is 9.41. The molecule has 0 saturated carbocycles. The minimum Gasteiger partial charge on any atom is -0.497 e. The quantitative estimate of drug-likeness (QED) is 0.173. The van der Waals surface area contributed by atoms with E-state index in [9.17, 15) is 9.59 Å². The second-order valence-electron chi connectivity index (χ2n) is 11.1. The van der Waals surface area contributed by atoms with Gasteiger partial charge in [0, 0.05) is 39.8 Å². The van der Waals surface area contributed by atoms with E-state index in [1.54, 1.807) is 18.6 Å². The Morgan fingerprint density at radius 3 is 2.40 bits per heavy atom. The average molecular weight is 660 g/mol. The van der Waals surface area contributed by atoms with E-state index in [4.69, 9.17) is 26.1 Å². The molecule has 6 aromatic rings. The van der Waals surface area contributed by atoms with Gasteiger partial charge < -0.3 is 14.0 Å². The van der Waals surface area contributed by atoms with E-state index < -0.39 is 12.0 Å². The number of carbonyl (C=O) groups excluding carboxylic acids is 1. The molecule has 0 saturated heterocycles. The van der Waals surface area contributed by atoms with Crippen molar-refractivity contribution in [3.05, 3.63) is 162 Å². The molecule has 3 heterocycles. The Bertz CT molecular complexity index is 2320. The van der Waals surface area contributed by atoms with Crippen molar-refractivity contribution < 1.29 is 14.3 Å². The number of benzene rings is 4.